The van der Waals surface area contributed by atoms with Gasteiger partial charge in [0.1, 0.15) is 0 Å². The minimum Gasteiger partial charge on any atom is -0.394 e. The summed E-state index contributed by atoms with van der Waals surface area (Å²) in [6, 6.07) is 0.737. The summed E-state index contributed by atoms with van der Waals surface area (Å²) in [6.45, 7) is 7.59. The van der Waals surface area contributed by atoms with E-state index in [1.807, 2.05) is 13.8 Å². The van der Waals surface area contributed by atoms with Gasteiger partial charge in [0.05, 0.1) is 12.2 Å². The first kappa shape index (κ1) is 20.5. The molecule has 24 heavy (non-hydrogen) atoms. The van der Waals surface area contributed by atoms with E-state index in [-0.39, 0.29) is 5.54 Å². The normalized spacial score (nSPS) is 28.5. The Labute approximate surface area is 148 Å². The zero-order valence-corrected chi connectivity index (χ0v) is 18.0. The highest BCUT2D eigenvalue weighted by molar-refractivity contribution is 6.71. The molecule has 8 heteroatoms. The Balaban J connectivity index is 2.24. The molecule has 0 aromatic heterocycles. The molecule has 1 saturated heterocycles. The molecule has 1 heterocycles. The van der Waals surface area contributed by atoms with Gasteiger partial charge in [-0.2, -0.15) is 0 Å². The van der Waals surface area contributed by atoms with Gasteiger partial charge in [0.15, 0.2) is 0 Å². The van der Waals surface area contributed by atoms with Gasteiger partial charge in [0, 0.05) is 46.1 Å². The Kier molecular flexibility index (Phi) is 7.45. The van der Waals surface area contributed by atoms with Gasteiger partial charge in [0.2, 0.25) is 0 Å². The second kappa shape index (κ2) is 8.72. The molecule has 0 aromatic rings. The fourth-order valence-corrected chi connectivity index (χ4v) is 11.1. The molecule has 0 aromatic carbocycles. The molecular weight excluding hydrogens is 344 g/mol. The van der Waals surface area contributed by atoms with Gasteiger partial charge in [0.25, 0.3) is 0 Å². The maximum Gasteiger partial charge on any atom is 0.500 e. The second-order valence-electron chi connectivity index (χ2n) is 6.77. The van der Waals surface area contributed by atoms with Gasteiger partial charge < -0.3 is 26.9 Å². The largest absolute Gasteiger partial charge is 0.500 e. The zero-order valence-electron chi connectivity index (χ0n) is 16.0. The number of hydrogen-bond donors (Lipinski definition) is 0. The van der Waals surface area contributed by atoms with Crippen LogP contribution in [0.15, 0.2) is 0 Å². The van der Waals surface area contributed by atoms with E-state index in [2.05, 4.69) is 6.55 Å². The van der Waals surface area contributed by atoms with E-state index in [0.717, 1.165) is 25.3 Å². The fourth-order valence-electron chi connectivity index (χ4n) is 4.18. The summed E-state index contributed by atoms with van der Waals surface area (Å²) in [5.41, 5.74) is 0.272. The molecule has 6 nitrogen and oxygen atoms in total. The molecular formula is C16H34O6Si2. The molecule has 0 amide bonds. The van der Waals surface area contributed by atoms with Crippen molar-refractivity contribution in [3.63, 3.8) is 0 Å². The molecule has 2 rings (SSSR count). The number of epoxide rings is 1. The van der Waals surface area contributed by atoms with Crippen molar-refractivity contribution in [2.45, 2.75) is 63.5 Å². The predicted molar refractivity (Wildman–Crippen MR) is 96.2 cm³/mol. The van der Waals surface area contributed by atoms with Crippen LogP contribution in [0.4, 0.5) is 0 Å². The molecule has 1 aliphatic carbocycles. The summed E-state index contributed by atoms with van der Waals surface area (Å²) < 4.78 is 35.4. The van der Waals surface area contributed by atoms with Crippen molar-refractivity contribution in [2.75, 3.05) is 34.5 Å². The Morgan fingerprint density at radius 2 is 1.54 bits per heavy atom. The first-order valence-corrected chi connectivity index (χ1v) is 13.4. The third kappa shape index (κ3) is 4.48. The molecule has 2 aliphatic rings. The third-order valence-corrected chi connectivity index (χ3v) is 12.5. The van der Waals surface area contributed by atoms with Crippen molar-refractivity contribution < 1.29 is 26.9 Å². The highest BCUT2D eigenvalue weighted by atomic mass is 28.4. The Hall–Kier alpha value is 0.194. The summed E-state index contributed by atoms with van der Waals surface area (Å²) in [6.07, 6.45) is 4.28. The molecule has 2 fully saturated rings. The molecule has 0 N–H and O–H groups in total. The van der Waals surface area contributed by atoms with Crippen LogP contribution in [0.2, 0.25) is 18.1 Å². The molecule has 0 bridgehead atoms. The molecule has 1 aliphatic heterocycles. The molecule has 1 saturated carbocycles. The first-order chi connectivity index (χ1) is 11.5. The lowest BCUT2D eigenvalue weighted by atomic mass is 9.87. The fraction of sp³-hybridized carbons (Fsp3) is 1.00. The Morgan fingerprint density at radius 3 is 2.00 bits per heavy atom. The van der Waals surface area contributed by atoms with Crippen molar-refractivity contribution in [1.82, 2.24) is 0 Å². The summed E-state index contributed by atoms with van der Waals surface area (Å²) >= 11 is 0. The standard InChI is InChI=1S/C16H34O6Si2/c1-7-20-23(6,21-8-2)16(12-24(17-3,18-4)19-5)13-9-10-14-15(11-13)22-14/h13-16H,7-12H2,1-6H3. The minimum absolute atomic E-state index is 0.272. The van der Waals surface area contributed by atoms with Crippen LogP contribution in [0, 0.1) is 5.92 Å². The van der Waals surface area contributed by atoms with Crippen LogP contribution in [0.3, 0.4) is 0 Å². The van der Waals surface area contributed by atoms with Gasteiger partial charge in [-0.05, 0) is 45.6 Å². The number of fused-ring (bicyclic) bond motifs is 1. The quantitative estimate of drug-likeness (QED) is 0.407. The molecule has 4 atom stereocenters. The average molecular weight is 379 g/mol. The summed E-state index contributed by atoms with van der Waals surface area (Å²) in [5.74, 6) is 0.510. The van der Waals surface area contributed by atoms with Crippen molar-refractivity contribution in [2.24, 2.45) is 5.92 Å². The summed E-state index contributed by atoms with van der Waals surface area (Å²) in [4.78, 5) is 0. The van der Waals surface area contributed by atoms with Crippen molar-refractivity contribution in [1.29, 1.82) is 0 Å². The zero-order chi connectivity index (χ0) is 17.8. The van der Waals surface area contributed by atoms with Crippen LogP contribution in [0.25, 0.3) is 0 Å². The summed E-state index contributed by atoms with van der Waals surface area (Å²) in [5, 5.41) is 0. The van der Waals surface area contributed by atoms with Crippen LogP contribution >= 0.6 is 0 Å². The van der Waals surface area contributed by atoms with Crippen molar-refractivity contribution in [3.05, 3.63) is 0 Å². The lowest BCUT2D eigenvalue weighted by molar-refractivity contribution is 0.112. The molecule has 0 spiro atoms. The van der Waals surface area contributed by atoms with E-state index in [1.54, 1.807) is 21.3 Å². The van der Waals surface area contributed by atoms with Crippen LogP contribution in [-0.2, 0) is 26.9 Å². The lowest BCUT2D eigenvalue weighted by Crippen LogP contribution is -2.53. The van der Waals surface area contributed by atoms with Gasteiger partial charge in [-0.1, -0.05) is 0 Å². The van der Waals surface area contributed by atoms with Crippen LogP contribution in [-0.4, -0.2) is 64.1 Å². The number of hydrogen-bond acceptors (Lipinski definition) is 6. The molecule has 142 valence electrons. The van der Waals surface area contributed by atoms with E-state index in [4.69, 9.17) is 26.9 Å². The monoisotopic (exact) mass is 378 g/mol. The van der Waals surface area contributed by atoms with Gasteiger partial charge in [-0.15, -0.1) is 0 Å². The average Bonchev–Trinajstić information content (AvgIpc) is 3.35. The van der Waals surface area contributed by atoms with E-state index in [1.165, 1.54) is 0 Å². The van der Waals surface area contributed by atoms with Crippen molar-refractivity contribution >= 4 is 17.4 Å². The Morgan fingerprint density at radius 1 is 0.958 bits per heavy atom. The second-order valence-corrected chi connectivity index (χ2v) is 13.1. The molecule has 4 unspecified atom stereocenters. The van der Waals surface area contributed by atoms with Crippen molar-refractivity contribution in [3.8, 4) is 0 Å². The first-order valence-electron chi connectivity index (χ1n) is 9.06. The maximum absolute atomic E-state index is 6.24. The number of rotatable bonds is 11. The smallest absolute Gasteiger partial charge is 0.394 e. The Bertz CT molecular complexity index is 378. The van der Waals surface area contributed by atoms with E-state index in [0.29, 0.717) is 31.3 Å². The maximum atomic E-state index is 6.24. The van der Waals surface area contributed by atoms with E-state index < -0.39 is 17.4 Å². The van der Waals surface area contributed by atoms with Gasteiger partial charge in [-0.25, -0.2) is 0 Å². The van der Waals surface area contributed by atoms with Crippen LogP contribution in [0.1, 0.15) is 33.1 Å². The third-order valence-electron chi connectivity index (χ3n) is 5.55. The van der Waals surface area contributed by atoms with Gasteiger partial charge in [-0.3, -0.25) is 0 Å². The molecule has 0 radical (unpaired) electrons. The van der Waals surface area contributed by atoms with Gasteiger partial charge >= 0.3 is 17.4 Å². The minimum atomic E-state index is -2.71. The van der Waals surface area contributed by atoms with E-state index >= 15 is 0 Å². The SMILES string of the molecule is CCO[Si](C)(OCC)C(C[Si](OC)(OC)OC)C1CCC2OC2C1. The number of ether oxygens (including phenoxy) is 1. The highest BCUT2D eigenvalue weighted by Gasteiger charge is 2.56. The highest BCUT2D eigenvalue weighted by Crippen LogP contribution is 2.50. The predicted octanol–water partition coefficient (Wildman–Crippen LogP) is 2.95. The summed E-state index contributed by atoms with van der Waals surface area (Å²) in [7, 11) is -0.0695. The van der Waals surface area contributed by atoms with E-state index in [9.17, 15) is 0 Å². The van der Waals surface area contributed by atoms with Crippen LogP contribution in [0.5, 0.6) is 0 Å². The van der Waals surface area contributed by atoms with Crippen LogP contribution < -0.4 is 0 Å². The lowest BCUT2D eigenvalue weighted by Gasteiger charge is -2.42. The topological polar surface area (TPSA) is 58.7 Å².